The van der Waals surface area contributed by atoms with Gasteiger partial charge in [-0.1, -0.05) is 0 Å². The van der Waals surface area contributed by atoms with Crippen molar-refractivity contribution in [1.29, 1.82) is 0 Å². The van der Waals surface area contributed by atoms with Gasteiger partial charge in [0.2, 0.25) is 0 Å². The molecule has 136 valence electrons. The molecule has 4 aromatic rings. The molecule has 9 heteroatoms. The van der Waals surface area contributed by atoms with Crippen molar-refractivity contribution in [2.75, 3.05) is 29.9 Å². The number of nitrogens with zero attached hydrogens (tertiary/aromatic N) is 7. The lowest BCUT2D eigenvalue weighted by atomic mass is 10.2. The van der Waals surface area contributed by atoms with Crippen LogP contribution < -0.4 is 9.80 Å². The summed E-state index contributed by atoms with van der Waals surface area (Å²) in [6.45, 7) is 1.84. The number of aromatic amines is 2. The number of anilines is 2. The van der Waals surface area contributed by atoms with Crippen LogP contribution in [0.5, 0.6) is 0 Å². The number of H-pyrrole nitrogens is 2. The summed E-state index contributed by atoms with van der Waals surface area (Å²) in [6.07, 6.45) is 11.7. The fourth-order valence-electron chi connectivity index (χ4n) is 3.59. The molecule has 0 bridgehead atoms. The minimum atomic E-state index is 0.350. The molecule has 1 saturated heterocycles. The summed E-state index contributed by atoms with van der Waals surface area (Å²) in [5.74, 6) is 1.85. The second kappa shape index (κ2) is 6.35. The summed E-state index contributed by atoms with van der Waals surface area (Å²) < 4.78 is 0. The van der Waals surface area contributed by atoms with E-state index in [1.165, 1.54) is 0 Å². The van der Waals surface area contributed by atoms with Crippen molar-refractivity contribution in [2.24, 2.45) is 0 Å². The van der Waals surface area contributed by atoms with Gasteiger partial charge in [0, 0.05) is 44.1 Å². The highest BCUT2D eigenvalue weighted by Gasteiger charge is 2.28. The van der Waals surface area contributed by atoms with E-state index in [9.17, 15) is 0 Å². The monoisotopic (exact) mass is 361 g/mol. The molecule has 1 unspecified atom stereocenters. The number of hydrogen-bond donors (Lipinski definition) is 2. The molecule has 5 rings (SSSR count). The van der Waals surface area contributed by atoms with E-state index < -0.39 is 0 Å². The molecule has 27 heavy (non-hydrogen) atoms. The quantitative estimate of drug-likeness (QED) is 0.572. The molecule has 9 nitrogen and oxygen atoms in total. The maximum atomic E-state index is 4.59. The minimum absolute atomic E-state index is 0.350. The highest BCUT2D eigenvalue weighted by Crippen LogP contribution is 2.28. The summed E-state index contributed by atoms with van der Waals surface area (Å²) in [6, 6.07) is 2.38. The fraction of sp³-hybridized carbons (Fsp3) is 0.278. The molecule has 0 aromatic carbocycles. The van der Waals surface area contributed by atoms with Crippen LogP contribution in [0.2, 0.25) is 0 Å². The summed E-state index contributed by atoms with van der Waals surface area (Å²) in [5.41, 5.74) is 2.62. The second-order valence-corrected chi connectivity index (χ2v) is 6.68. The smallest absolute Gasteiger partial charge is 0.147 e. The first-order chi connectivity index (χ1) is 13.3. The lowest BCUT2D eigenvalue weighted by Crippen LogP contribution is -2.35. The maximum absolute atomic E-state index is 4.59. The first-order valence-corrected chi connectivity index (χ1v) is 8.86. The van der Waals surface area contributed by atoms with E-state index in [-0.39, 0.29) is 0 Å². The third-order valence-corrected chi connectivity index (χ3v) is 5.14. The number of aromatic nitrogens is 7. The standard InChI is InChI=1S/C18H19N9/c1-26(16-9-20-15(8-21-16)12-6-24-25-7-12)13-3-5-27(10-13)18-14-2-4-19-17(14)22-11-23-18/h2,4,6-9,11,13H,3,5,10H2,1H3,(H,24,25)(H,19,22,23). The Morgan fingerprint density at radius 2 is 2.11 bits per heavy atom. The molecule has 2 N–H and O–H groups in total. The molecule has 4 aromatic heterocycles. The molecule has 1 aliphatic rings. The van der Waals surface area contributed by atoms with Gasteiger partial charge < -0.3 is 14.8 Å². The van der Waals surface area contributed by atoms with Crippen molar-refractivity contribution in [3.8, 4) is 11.3 Å². The van der Waals surface area contributed by atoms with Crippen molar-refractivity contribution in [1.82, 2.24) is 35.1 Å². The SMILES string of the molecule is CN(c1cnc(-c2cn[nH]c2)cn1)C1CCN(c2ncnc3[nH]ccc23)C1. The van der Waals surface area contributed by atoms with Crippen LogP contribution in [0.25, 0.3) is 22.3 Å². The average molecular weight is 361 g/mol. The van der Waals surface area contributed by atoms with Crippen LogP contribution in [0, 0.1) is 0 Å². The van der Waals surface area contributed by atoms with Crippen LogP contribution in [-0.4, -0.2) is 61.3 Å². The zero-order valence-corrected chi connectivity index (χ0v) is 14.9. The van der Waals surface area contributed by atoms with Crippen molar-refractivity contribution in [3.05, 3.63) is 43.4 Å². The van der Waals surface area contributed by atoms with Gasteiger partial charge in [-0.3, -0.25) is 10.1 Å². The van der Waals surface area contributed by atoms with Crippen LogP contribution in [0.1, 0.15) is 6.42 Å². The molecule has 0 aliphatic carbocycles. The Hall–Kier alpha value is -3.49. The molecular formula is C18H19N9. The van der Waals surface area contributed by atoms with Crippen LogP contribution in [-0.2, 0) is 0 Å². The predicted molar refractivity (Wildman–Crippen MR) is 103 cm³/mol. The van der Waals surface area contributed by atoms with Gasteiger partial charge in [0.15, 0.2) is 0 Å². The Morgan fingerprint density at radius 3 is 2.93 bits per heavy atom. The number of fused-ring (bicyclic) bond motifs is 1. The molecule has 1 atom stereocenters. The summed E-state index contributed by atoms with van der Waals surface area (Å²) in [7, 11) is 2.07. The van der Waals surface area contributed by atoms with Crippen molar-refractivity contribution >= 4 is 22.7 Å². The van der Waals surface area contributed by atoms with E-state index in [0.29, 0.717) is 6.04 Å². The lowest BCUT2D eigenvalue weighted by molar-refractivity contribution is 0.682. The Morgan fingerprint density at radius 1 is 1.15 bits per heavy atom. The number of rotatable bonds is 4. The molecular weight excluding hydrogens is 342 g/mol. The van der Waals surface area contributed by atoms with Gasteiger partial charge in [0.1, 0.15) is 23.6 Å². The molecule has 0 amide bonds. The first kappa shape index (κ1) is 15.7. The Labute approximate surface area is 155 Å². The van der Waals surface area contributed by atoms with Crippen LogP contribution in [0.15, 0.2) is 43.4 Å². The Bertz CT molecular complexity index is 1040. The third-order valence-electron chi connectivity index (χ3n) is 5.14. The third kappa shape index (κ3) is 2.77. The highest BCUT2D eigenvalue weighted by molar-refractivity contribution is 5.87. The summed E-state index contributed by atoms with van der Waals surface area (Å²) in [4.78, 5) is 25.6. The Kier molecular flexibility index (Phi) is 3.70. The van der Waals surface area contributed by atoms with Crippen molar-refractivity contribution in [3.63, 3.8) is 0 Å². The number of hydrogen-bond acceptors (Lipinski definition) is 7. The predicted octanol–water partition coefficient (Wildman–Crippen LogP) is 1.85. The van der Waals surface area contributed by atoms with E-state index in [2.05, 4.69) is 52.0 Å². The molecule has 0 radical (unpaired) electrons. The largest absolute Gasteiger partial charge is 0.354 e. The van der Waals surface area contributed by atoms with Gasteiger partial charge in [-0.25, -0.2) is 15.0 Å². The second-order valence-electron chi connectivity index (χ2n) is 6.68. The molecule has 5 heterocycles. The van der Waals surface area contributed by atoms with Crippen LogP contribution >= 0.6 is 0 Å². The van der Waals surface area contributed by atoms with E-state index in [0.717, 1.165) is 53.4 Å². The van der Waals surface area contributed by atoms with Crippen molar-refractivity contribution in [2.45, 2.75) is 12.5 Å². The van der Waals surface area contributed by atoms with E-state index >= 15 is 0 Å². The van der Waals surface area contributed by atoms with Gasteiger partial charge in [-0.15, -0.1) is 0 Å². The normalized spacial score (nSPS) is 16.9. The summed E-state index contributed by atoms with van der Waals surface area (Å²) in [5, 5.41) is 7.81. The van der Waals surface area contributed by atoms with Gasteiger partial charge >= 0.3 is 0 Å². The van der Waals surface area contributed by atoms with E-state index in [1.807, 2.05) is 24.7 Å². The van der Waals surface area contributed by atoms with Gasteiger partial charge in [0.25, 0.3) is 0 Å². The number of likely N-dealkylation sites (N-methyl/N-ethyl adjacent to an activating group) is 1. The number of nitrogens with one attached hydrogen (secondary N) is 2. The molecule has 0 saturated carbocycles. The first-order valence-electron chi connectivity index (χ1n) is 8.86. The average Bonchev–Trinajstić information content (AvgIpc) is 3.48. The van der Waals surface area contributed by atoms with E-state index in [1.54, 1.807) is 18.7 Å². The molecule has 0 spiro atoms. The van der Waals surface area contributed by atoms with Gasteiger partial charge in [0.05, 0.1) is 29.7 Å². The van der Waals surface area contributed by atoms with Crippen LogP contribution in [0.3, 0.4) is 0 Å². The highest BCUT2D eigenvalue weighted by atomic mass is 15.3. The summed E-state index contributed by atoms with van der Waals surface area (Å²) >= 11 is 0. The zero-order valence-electron chi connectivity index (χ0n) is 14.9. The van der Waals surface area contributed by atoms with Gasteiger partial charge in [-0.05, 0) is 12.5 Å². The fourth-order valence-corrected chi connectivity index (χ4v) is 3.59. The maximum Gasteiger partial charge on any atom is 0.147 e. The topological polar surface area (TPSA) is 103 Å². The van der Waals surface area contributed by atoms with E-state index in [4.69, 9.17) is 0 Å². The Balaban J connectivity index is 1.33. The molecule has 1 aliphatic heterocycles. The zero-order chi connectivity index (χ0) is 18.2. The van der Waals surface area contributed by atoms with Crippen molar-refractivity contribution < 1.29 is 0 Å². The lowest BCUT2D eigenvalue weighted by Gasteiger charge is -2.26. The van der Waals surface area contributed by atoms with Crippen LogP contribution in [0.4, 0.5) is 11.6 Å². The molecule has 1 fully saturated rings. The minimum Gasteiger partial charge on any atom is -0.354 e. The van der Waals surface area contributed by atoms with Gasteiger partial charge in [-0.2, -0.15) is 5.10 Å².